The van der Waals surface area contributed by atoms with E-state index in [0.717, 1.165) is 19.1 Å². The molecule has 0 spiro atoms. The first-order valence-electron chi connectivity index (χ1n) is 4.01. The second kappa shape index (κ2) is 7.25. The van der Waals surface area contributed by atoms with Crippen molar-refractivity contribution in [1.29, 1.82) is 0 Å². The van der Waals surface area contributed by atoms with Crippen molar-refractivity contribution in [2.45, 2.75) is 32.6 Å². The van der Waals surface area contributed by atoms with Gasteiger partial charge in [0.05, 0.1) is 0 Å². The molecule has 0 aromatic carbocycles. The molecule has 0 saturated heterocycles. The van der Waals surface area contributed by atoms with Gasteiger partial charge < -0.3 is 10.1 Å². The first-order valence-corrected chi connectivity index (χ1v) is 4.01. The van der Waals surface area contributed by atoms with E-state index in [-0.39, 0.29) is 5.91 Å². The maximum absolute atomic E-state index is 10.8. The maximum atomic E-state index is 10.8. The fraction of sp³-hybridized carbons (Fsp3) is 0.750. The Morgan fingerprint density at radius 1 is 1.45 bits per heavy atom. The molecule has 0 saturated carbocycles. The summed E-state index contributed by atoms with van der Waals surface area (Å²) in [5.41, 5.74) is 0. The second-order valence-electron chi connectivity index (χ2n) is 2.37. The average Bonchev–Trinajstić information content (AvgIpc) is 1.99. The molecule has 0 aromatic heterocycles. The summed E-state index contributed by atoms with van der Waals surface area (Å²) in [7, 11) is 0. The zero-order valence-corrected chi connectivity index (χ0v) is 6.93. The summed E-state index contributed by atoms with van der Waals surface area (Å²) in [4.78, 5) is 20.7. The van der Waals surface area contributed by atoms with Crippen LogP contribution in [0.4, 0.5) is 0 Å². The number of nitrogens with one attached hydrogen (secondary N) is 1. The molecule has 1 amide bonds. The van der Waals surface area contributed by atoms with Gasteiger partial charge in [0, 0.05) is 19.4 Å². The van der Waals surface area contributed by atoms with Gasteiger partial charge in [-0.05, 0) is 19.8 Å². The van der Waals surface area contributed by atoms with E-state index in [1.54, 1.807) is 0 Å². The van der Waals surface area contributed by atoms with Crippen LogP contribution in [0.25, 0.3) is 0 Å². The lowest BCUT2D eigenvalue weighted by Gasteiger charge is -1.99. The highest BCUT2D eigenvalue weighted by atomic mass is 16.1. The van der Waals surface area contributed by atoms with Crippen molar-refractivity contribution in [2.24, 2.45) is 0 Å². The SMILES string of the molecule is CCNC(=O)CCCCC=O. The van der Waals surface area contributed by atoms with Crippen molar-refractivity contribution >= 4 is 12.2 Å². The molecule has 0 aromatic rings. The van der Waals surface area contributed by atoms with Crippen molar-refractivity contribution in [3.63, 3.8) is 0 Å². The minimum Gasteiger partial charge on any atom is -0.356 e. The number of hydrogen-bond acceptors (Lipinski definition) is 2. The van der Waals surface area contributed by atoms with Gasteiger partial charge >= 0.3 is 0 Å². The summed E-state index contributed by atoms with van der Waals surface area (Å²) in [5.74, 6) is 0.0819. The van der Waals surface area contributed by atoms with Gasteiger partial charge in [-0.25, -0.2) is 0 Å². The van der Waals surface area contributed by atoms with E-state index in [1.807, 2.05) is 6.92 Å². The molecular weight excluding hydrogens is 142 g/mol. The van der Waals surface area contributed by atoms with Crippen LogP contribution < -0.4 is 5.32 Å². The van der Waals surface area contributed by atoms with Gasteiger partial charge in [-0.3, -0.25) is 4.79 Å². The van der Waals surface area contributed by atoms with Crippen LogP contribution in [0, 0.1) is 0 Å². The van der Waals surface area contributed by atoms with Gasteiger partial charge in [-0.15, -0.1) is 0 Å². The largest absolute Gasteiger partial charge is 0.356 e. The molecule has 0 rings (SSSR count). The average molecular weight is 157 g/mol. The highest BCUT2D eigenvalue weighted by Gasteiger charge is 1.97. The van der Waals surface area contributed by atoms with Crippen LogP contribution in [0.5, 0.6) is 0 Å². The Hall–Kier alpha value is -0.860. The van der Waals surface area contributed by atoms with Gasteiger partial charge in [0.25, 0.3) is 0 Å². The van der Waals surface area contributed by atoms with Crippen molar-refractivity contribution in [1.82, 2.24) is 5.32 Å². The molecule has 0 atom stereocenters. The smallest absolute Gasteiger partial charge is 0.219 e. The lowest BCUT2D eigenvalue weighted by molar-refractivity contribution is -0.121. The number of carbonyl (C=O) groups is 2. The molecule has 3 nitrogen and oxygen atoms in total. The van der Waals surface area contributed by atoms with Crippen molar-refractivity contribution in [3.8, 4) is 0 Å². The number of aldehydes is 1. The van der Waals surface area contributed by atoms with Gasteiger partial charge in [0.15, 0.2) is 0 Å². The van der Waals surface area contributed by atoms with E-state index in [0.29, 0.717) is 19.4 Å². The molecule has 0 radical (unpaired) electrons. The Balaban J connectivity index is 3.10. The van der Waals surface area contributed by atoms with E-state index >= 15 is 0 Å². The number of amides is 1. The Bertz CT molecular complexity index is 123. The quantitative estimate of drug-likeness (QED) is 0.459. The Morgan fingerprint density at radius 2 is 2.18 bits per heavy atom. The number of hydrogen-bond donors (Lipinski definition) is 1. The Kier molecular flexibility index (Phi) is 6.68. The highest BCUT2D eigenvalue weighted by Crippen LogP contribution is 1.96. The molecule has 3 heteroatoms. The van der Waals surface area contributed by atoms with Crippen LogP contribution in [0.1, 0.15) is 32.6 Å². The van der Waals surface area contributed by atoms with E-state index in [2.05, 4.69) is 5.32 Å². The minimum atomic E-state index is 0.0819. The van der Waals surface area contributed by atoms with E-state index in [1.165, 1.54) is 0 Å². The zero-order valence-electron chi connectivity index (χ0n) is 6.93. The first-order chi connectivity index (χ1) is 5.31. The molecular formula is C8H15NO2. The maximum Gasteiger partial charge on any atom is 0.219 e. The summed E-state index contributed by atoms with van der Waals surface area (Å²) >= 11 is 0. The van der Waals surface area contributed by atoms with Gasteiger partial charge in [-0.2, -0.15) is 0 Å². The third kappa shape index (κ3) is 7.03. The topological polar surface area (TPSA) is 46.2 Å². The fourth-order valence-electron chi connectivity index (χ4n) is 0.799. The standard InChI is InChI=1S/C8H15NO2/c1-2-9-8(11)6-4-3-5-7-10/h7H,2-6H2,1H3,(H,9,11). The van der Waals surface area contributed by atoms with E-state index in [9.17, 15) is 9.59 Å². The predicted molar refractivity (Wildman–Crippen MR) is 43.2 cm³/mol. The van der Waals surface area contributed by atoms with Crippen molar-refractivity contribution < 1.29 is 9.59 Å². The molecule has 64 valence electrons. The van der Waals surface area contributed by atoms with Gasteiger partial charge in [-0.1, -0.05) is 0 Å². The monoisotopic (exact) mass is 157 g/mol. The number of unbranched alkanes of at least 4 members (excludes halogenated alkanes) is 2. The normalized spacial score (nSPS) is 9.18. The molecule has 0 aliphatic carbocycles. The fourth-order valence-corrected chi connectivity index (χ4v) is 0.799. The summed E-state index contributed by atoms with van der Waals surface area (Å²) in [6.07, 6.45) is 3.63. The van der Waals surface area contributed by atoms with Crippen LogP contribution in [0.2, 0.25) is 0 Å². The predicted octanol–water partition coefficient (Wildman–Crippen LogP) is 0.882. The zero-order chi connectivity index (χ0) is 8.53. The molecule has 0 unspecified atom stereocenters. The molecule has 1 N–H and O–H groups in total. The highest BCUT2D eigenvalue weighted by molar-refractivity contribution is 5.75. The summed E-state index contributed by atoms with van der Waals surface area (Å²) in [6, 6.07) is 0. The van der Waals surface area contributed by atoms with Crippen LogP contribution in [0.15, 0.2) is 0 Å². The van der Waals surface area contributed by atoms with Crippen LogP contribution in [-0.2, 0) is 9.59 Å². The molecule has 0 fully saturated rings. The van der Waals surface area contributed by atoms with Crippen LogP contribution >= 0.6 is 0 Å². The molecule has 0 aliphatic heterocycles. The molecule has 0 heterocycles. The third-order valence-electron chi connectivity index (χ3n) is 1.35. The Labute approximate surface area is 67.2 Å². The van der Waals surface area contributed by atoms with Crippen LogP contribution in [0.3, 0.4) is 0 Å². The molecule has 0 aliphatic rings. The van der Waals surface area contributed by atoms with Gasteiger partial charge in [0.1, 0.15) is 6.29 Å². The Morgan fingerprint density at radius 3 is 2.73 bits per heavy atom. The number of rotatable bonds is 6. The first kappa shape index (κ1) is 10.1. The van der Waals surface area contributed by atoms with Gasteiger partial charge in [0.2, 0.25) is 5.91 Å². The van der Waals surface area contributed by atoms with Crippen molar-refractivity contribution in [3.05, 3.63) is 0 Å². The minimum absolute atomic E-state index is 0.0819. The van der Waals surface area contributed by atoms with E-state index < -0.39 is 0 Å². The van der Waals surface area contributed by atoms with Crippen LogP contribution in [-0.4, -0.2) is 18.7 Å². The summed E-state index contributed by atoms with van der Waals surface area (Å²) in [5, 5.41) is 2.70. The summed E-state index contributed by atoms with van der Waals surface area (Å²) < 4.78 is 0. The molecule has 0 bridgehead atoms. The van der Waals surface area contributed by atoms with E-state index in [4.69, 9.17) is 0 Å². The lowest BCUT2D eigenvalue weighted by Crippen LogP contribution is -2.21. The number of carbonyl (C=O) groups excluding carboxylic acids is 2. The third-order valence-corrected chi connectivity index (χ3v) is 1.35. The lowest BCUT2D eigenvalue weighted by atomic mass is 10.2. The molecule has 11 heavy (non-hydrogen) atoms. The second-order valence-corrected chi connectivity index (χ2v) is 2.37. The van der Waals surface area contributed by atoms with Crippen molar-refractivity contribution in [2.75, 3.05) is 6.54 Å². The summed E-state index contributed by atoms with van der Waals surface area (Å²) in [6.45, 7) is 2.58.